The maximum atomic E-state index is 12.3. The molecule has 0 atom stereocenters. The fourth-order valence-corrected chi connectivity index (χ4v) is 1.40. The first-order valence-electron chi connectivity index (χ1n) is 4.73. The summed E-state index contributed by atoms with van der Waals surface area (Å²) in [6, 6.07) is 7.01. The molecule has 2 aromatic rings. The number of aromatic nitrogens is 2. The molecule has 0 saturated carbocycles. The molecule has 0 bridgehead atoms. The first-order valence-corrected chi connectivity index (χ1v) is 4.73. The number of aliphatic hydroxyl groups is 1. The lowest BCUT2D eigenvalue weighted by molar-refractivity contribution is 0.0566. The van der Waals surface area contributed by atoms with Crippen LogP contribution in [0.15, 0.2) is 36.7 Å². The molecule has 1 aromatic heterocycles. The number of halogens is 2. The lowest BCUT2D eigenvalue weighted by atomic mass is 10.1. The minimum absolute atomic E-state index is 0.0312. The van der Waals surface area contributed by atoms with Crippen LogP contribution in [0.4, 0.5) is 8.78 Å². The normalized spacial score (nSPS) is 11.0. The Hall–Kier alpha value is -1.75. The van der Waals surface area contributed by atoms with Crippen LogP contribution in [0.25, 0.3) is 11.1 Å². The van der Waals surface area contributed by atoms with E-state index >= 15 is 0 Å². The molecule has 16 heavy (non-hydrogen) atoms. The van der Waals surface area contributed by atoms with Crippen molar-refractivity contribution in [1.82, 2.24) is 9.78 Å². The summed E-state index contributed by atoms with van der Waals surface area (Å²) >= 11 is 0. The molecule has 0 radical (unpaired) electrons. The molecule has 0 aliphatic rings. The Morgan fingerprint density at radius 1 is 1.19 bits per heavy atom. The van der Waals surface area contributed by atoms with E-state index in [9.17, 15) is 8.78 Å². The zero-order valence-electron chi connectivity index (χ0n) is 8.35. The van der Waals surface area contributed by atoms with Gasteiger partial charge in [-0.1, -0.05) is 24.3 Å². The van der Waals surface area contributed by atoms with Crippen molar-refractivity contribution in [2.24, 2.45) is 0 Å². The van der Waals surface area contributed by atoms with Gasteiger partial charge in [0, 0.05) is 11.8 Å². The smallest absolute Gasteiger partial charge is 0.333 e. The molecule has 0 aliphatic carbocycles. The molecule has 5 heteroatoms. The molecule has 1 N–H and O–H groups in total. The standard InChI is InChI=1S/C11H10F2N2O/c12-11(13)15-6-10(5-14-15)9-3-1-8(7-16)2-4-9/h1-6,11,16H,7H2. The summed E-state index contributed by atoms with van der Waals surface area (Å²) in [5.41, 5.74) is 2.21. The summed E-state index contributed by atoms with van der Waals surface area (Å²) in [5, 5.41) is 12.4. The molecule has 0 unspecified atom stereocenters. The average molecular weight is 224 g/mol. The van der Waals surface area contributed by atoms with E-state index in [1.807, 2.05) is 0 Å². The van der Waals surface area contributed by atoms with Crippen LogP contribution in [-0.2, 0) is 6.61 Å². The van der Waals surface area contributed by atoms with Gasteiger partial charge >= 0.3 is 6.55 Å². The highest BCUT2D eigenvalue weighted by molar-refractivity contribution is 5.61. The first-order chi connectivity index (χ1) is 7.70. The monoisotopic (exact) mass is 224 g/mol. The fraction of sp³-hybridized carbons (Fsp3) is 0.182. The number of alkyl halides is 2. The Balaban J connectivity index is 2.28. The third-order valence-electron chi connectivity index (χ3n) is 2.27. The summed E-state index contributed by atoms with van der Waals surface area (Å²) in [6.45, 7) is -2.65. The fourth-order valence-electron chi connectivity index (χ4n) is 1.40. The van der Waals surface area contributed by atoms with Gasteiger partial charge in [-0.2, -0.15) is 13.9 Å². The van der Waals surface area contributed by atoms with Gasteiger partial charge in [0.2, 0.25) is 0 Å². The highest BCUT2D eigenvalue weighted by Crippen LogP contribution is 2.21. The summed E-state index contributed by atoms with van der Waals surface area (Å²) in [6.07, 6.45) is 2.68. The highest BCUT2D eigenvalue weighted by Gasteiger charge is 2.08. The van der Waals surface area contributed by atoms with Crippen LogP contribution in [0.1, 0.15) is 12.1 Å². The minimum atomic E-state index is -2.62. The molecular weight excluding hydrogens is 214 g/mol. The van der Waals surface area contributed by atoms with Crippen molar-refractivity contribution in [2.75, 3.05) is 0 Å². The quantitative estimate of drug-likeness (QED) is 0.869. The topological polar surface area (TPSA) is 38.1 Å². The van der Waals surface area contributed by atoms with Crippen molar-refractivity contribution in [1.29, 1.82) is 0 Å². The number of hydrogen-bond acceptors (Lipinski definition) is 2. The Morgan fingerprint density at radius 2 is 1.88 bits per heavy atom. The van der Waals surface area contributed by atoms with Crippen LogP contribution in [-0.4, -0.2) is 14.9 Å². The predicted octanol–water partition coefficient (Wildman–Crippen LogP) is 2.44. The molecule has 0 saturated heterocycles. The van der Waals surface area contributed by atoms with Crippen molar-refractivity contribution in [3.63, 3.8) is 0 Å². The maximum absolute atomic E-state index is 12.3. The van der Waals surface area contributed by atoms with Gasteiger partial charge in [0.15, 0.2) is 0 Å². The van der Waals surface area contributed by atoms with Gasteiger partial charge in [0.25, 0.3) is 0 Å². The van der Waals surface area contributed by atoms with Gasteiger partial charge in [-0.25, -0.2) is 4.68 Å². The van der Waals surface area contributed by atoms with Crippen molar-refractivity contribution < 1.29 is 13.9 Å². The molecule has 0 spiro atoms. The van der Waals surface area contributed by atoms with E-state index in [4.69, 9.17) is 5.11 Å². The summed E-state index contributed by atoms with van der Waals surface area (Å²) in [7, 11) is 0. The van der Waals surface area contributed by atoms with Crippen LogP contribution in [0.3, 0.4) is 0 Å². The number of hydrogen-bond donors (Lipinski definition) is 1. The lowest BCUT2D eigenvalue weighted by Crippen LogP contribution is -1.96. The molecule has 1 heterocycles. The number of rotatable bonds is 3. The zero-order chi connectivity index (χ0) is 11.5. The first kappa shape index (κ1) is 10.8. The Morgan fingerprint density at radius 3 is 2.38 bits per heavy atom. The molecular formula is C11H10F2N2O. The van der Waals surface area contributed by atoms with Gasteiger partial charge in [0.05, 0.1) is 12.8 Å². The second-order valence-electron chi connectivity index (χ2n) is 3.34. The maximum Gasteiger partial charge on any atom is 0.333 e. The van der Waals surface area contributed by atoms with Gasteiger partial charge in [-0.15, -0.1) is 0 Å². The van der Waals surface area contributed by atoms with Gasteiger partial charge in [0.1, 0.15) is 0 Å². The summed E-state index contributed by atoms with van der Waals surface area (Å²) in [5.74, 6) is 0. The molecule has 0 aliphatic heterocycles. The predicted molar refractivity (Wildman–Crippen MR) is 54.8 cm³/mol. The van der Waals surface area contributed by atoms with Gasteiger partial charge in [-0.3, -0.25) is 0 Å². The summed E-state index contributed by atoms with van der Waals surface area (Å²) < 4.78 is 25.2. The van der Waals surface area contributed by atoms with Crippen LogP contribution in [0.5, 0.6) is 0 Å². The number of nitrogens with zero attached hydrogens (tertiary/aromatic N) is 2. The summed E-state index contributed by atoms with van der Waals surface area (Å²) in [4.78, 5) is 0. The van der Waals surface area contributed by atoms with E-state index in [1.165, 1.54) is 12.4 Å². The zero-order valence-corrected chi connectivity index (χ0v) is 8.35. The van der Waals surface area contributed by atoms with Gasteiger partial charge < -0.3 is 5.11 Å². The third kappa shape index (κ3) is 2.09. The molecule has 84 valence electrons. The number of benzene rings is 1. The van der Waals surface area contributed by atoms with Crippen molar-refractivity contribution in [3.8, 4) is 11.1 Å². The molecule has 2 rings (SSSR count). The SMILES string of the molecule is OCc1ccc(-c2cnn(C(F)F)c2)cc1. The van der Waals surface area contributed by atoms with Crippen LogP contribution >= 0.6 is 0 Å². The average Bonchev–Trinajstić information content (AvgIpc) is 2.78. The Kier molecular flexibility index (Phi) is 2.96. The van der Waals surface area contributed by atoms with Crippen molar-refractivity contribution in [2.45, 2.75) is 13.2 Å². The van der Waals surface area contributed by atoms with Crippen LogP contribution in [0, 0.1) is 0 Å². The molecule has 3 nitrogen and oxygen atoms in total. The van der Waals surface area contributed by atoms with E-state index in [0.717, 1.165) is 11.1 Å². The number of aliphatic hydroxyl groups excluding tert-OH is 1. The molecule has 0 amide bonds. The molecule has 1 aromatic carbocycles. The van der Waals surface area contributed by atoms with E-state index < -0.39 is 6.55 Å². The largest absolute Gasteiger partial charge is 0.392 e. The van der Waals surface area contributed by atoms with Crippen molar-refractivity contribution in [3.05, 3.63) is 42.2 Å². The van der Waals surface area contributed by atoms with Crippen LogP contribution < -0.4 is 0 Å². The minimum Gasteiger partial charge on any atom is -0.392 e. The highest BCUT2D eigenvalue weighted by atomic mass is 19.3. The second kappa shape index (κ2) is 4.40. The second-order valence-corrected chi connectivity index (χ2v) is 3.34. The Labute approximate surface area is 91.0 Å². The van der Waals surface area contributed by atoms with E-state index in [1.54, 1.807) is 24.3 Å². The van der Waals surface area contributed by atoms with Gasteiger partial charge in [-0.05, 0) is 11.1 Å². The van der Waals surface area contributed by atoms with E-state index in [0.29, 0.717) is 10.2 Å². The van der Waals surface area contributed by atoms with Crippen molar-refractivity contribution >= 4 is 0 Å². The Bertz CT molecular complexity index is 465. The third-order valence-corrected chi connectivity index (χ3v) is 2.27. The lowest BCUT2D eigenvalue weighted by Gasteiger charge is -1.99. The van der Waals surface area contributed by atoms with E-state index in [-0.39, 0.29) is 6.61 Å². The van der Waals surface area contributed by atoms with E-state index in [2.05, 4.69) is 5.10 Å². The molecule has 0 fully saturated rings. The van der Waals surface area contributed by atoms with Crippen LogP contribution in [0.2, 0.25) is 0 Å².